The fraction of sp³-hybridized carbons (Fsp3) is 0.160. The largest absolute Gasteiger partial charge is 0.362 e. The van der Waals surface area contributed by atoms with Crippen LogP contribution in [0.4, 0.5) is 5.69 Å². The Morgan fingerprint density at radius 2 is 1.71 bits per heavy atom. The topological polar surface area (TPSA) is 52.0 Å². The van der Waals surface area contributed by atoms with Crippen molar-refractivity contribution in [2.45, 2.75) is 19.4 Å². The molecule has 0 fully saturated rings. The van der Waals surface area contributed by atoms with E-state index in [0.717, 1.165) is 35.5 Å². The molecule has 0 bridgehead atoms. The third-order valence-corrected chi connectivity index (χ3v) is 5.31. The minimum atomic E-state index is 0.162. The molecule has 0 aliphatic carbocycles. The van der Waals surface area contributed by atoms with Gasteiger partial charge in [-0.05, 0) is 48.0 Å². The van der Waals surface area contributed by atoms with Gasteiger partial charge in [0.1, 0.15) is 0 Å². The average Bonchev–Trinajstić information content (AvgIpc) is 3.26. The average molecular weight is 428 g/mol. The zero-order valence-electron chi connectivity index (χ0n) is 17.4. The summed E-state index contributed by atoms with van der Waals surface area (Å²) in [5.41, 5.74) is 8.36. The molecule has 0 radical (unpaired) electrons. The Morgan fingerprint density at radius 3 is 2.39 bits per heavy atom. The van der Waals surface area contributed by atoms with Gasteiger partial charge in [0.2, 0.25) is 0 Å². The molecule has 156 valence electrons. The number of hydrogen-bond donors (Lipinski definition) is 2. The third kappa shape index (κ3) is 5.16. The van der Waals surface area contributed by atoms with Crippen molar-refractivity contribution in [3.05, 3.63) is 102 Å². The van der Waals surface area contributed by atoms with Gasteiger partial charge in [0.15, 0.2) is 5.11 Å². The van der Waals surface area contributed by atoms with Gasteiger partial charge >= 0.3 is 0 Å². The van der Waals surface area contributed by atoms with Crippen molar-refractivity contribution in [1.82, 2.24) is 10.7 Å². The predicted molar refractivity (Wildman–Crippen MR) is 133 cm³/mol. The molecule has 4 rings (SSSR count). The lowest BCUT2D eigenvalue weighted by Gasteiger charge is -2.24. The number of hydrazone groups is 2. The van der Waals surface area contributed by atoms with Crippen LogP contribution in [0.3, 0.4) is 0 Å². The first-order valence-electron chi connectivity index (χ1n) is 10.4. The van der Waals surface area contributed by atoms with Gasteiger partial charge < -0.3 is 5.32 Å². The summed E-state index contributed by atoms with van der Waals surface area (Å²) in [7, 11) is 0. The summed E-state index contributed by atoms with van der Waals surface area (Å²) in [4.78, 5) is 0. The Hall–Kier alpha value is -3.51. The monoisotopic (exact) mass is 427 g/mol. The second-order valence-corrected chi connectivity index (χ2v) is 7.62. The molecular formula is C25H25N5S. The van der Waals surface area contributed by atoms with Crippen LogP contribution in [0.15, 0.2) is 95.1 Å². The molecule has 1 aliphatic heterocycles. The zero-order valence-corrected chi connectivity index (χ0v) is 18.2. The lowest BCUT2D eigenvalue weighted by atomic mass is 9.98. The number of rotatable bonds is 6. The Morgan fingerprint density at radius 1 is 1.03 bits per heavy atom. The predicted octanol–water partition coefficient (Wildman–Crippen LogP) is 4.86. The summed E-state index contributed by atoms with van der Waals surface area (Å²) in [5, 5.41) is 14.8. The number of nitrogens with one attached hydrogen (secondary N) is 2. The molecule has 1 aliphatic rings. The first-order valence-corrected chi connectivity index (χ1v) is 10.8. The Kier molecular flexibility index (Phi) is 6.69. The van der Waals surface area contributed by atoms with Crippen molar-refractivity contribution in [3.8, 4) is 0 Å². The van der Waals surface area contributed by atoms with Crippen LogP contribution in [0, 0.1) is 0 Å². The number of nitrogens with zero attached hydrogens (tertiary/aromatic N) is 3. The van der Waals surface area contributed by atoms with Crippen molar-refractivity contribution in [3.63, 3.8) is 0 Å². The lowest BCUT2D eigenvalue weighted by Crippen LogP contribution is -2.31. The van der Waals surface area contributed by atoms with Crippen molar-refractivity contribution in [2.24, 2.45) is 10.2 Å². The minimum Gasteiger partial charge on any atom is -0.362 e. The second-order valence-electron chi connectivity index (χ2n) is 7.21. The van der Waals surface area contributed by atoms with Gasteiger partial charge in [-0.25, -0.2) is 0 Å². The van der Waals surface area contributed by atoms with Crippen LogP contribution in [-0.4, -0.2) is 23.6 Å². The van der Waals surface area contributed by atoms with Crippen molar-refractivity contribution in [2.75, 3.05) is 11.6 Å². The summed E-state index contributed by atoms with van der Waals surface area (Å²) in [6.07, 6.45) is 2.62. The SMILES string of the molecule is CCNC(=S)NN=Cc1ccc(N2N=C(c3ccccc3)CC2c2ccccc2)cc1. The molecular weight excluding hydrogens is 402 g/mol. The van der Waals surface area contributed by atoms with E-state index in [-0.39, 0.29) is 6.04 Å². The van der Waals surface area contributed by atoms with Crippen LogP contribution in [0.25, 0.3) is 0 Å². The minimum absolute atomic E-state index is 0.162. The molecule has 31 heavy (non-hydrogen) atoms. The highest BCUT2D eigenvalue weighted by Gasteiger charge is 2.29. The van der Waals surface area contributed by atoms with Crippen LogP contribution in [0.5, 0.6) is 0 Å². The summed E-state index contributed by atoms with van der Waals surface area (Å²) in [5.74, 6) is 0. The van der Waals surface area contributed by atoms with Gasteiger partial charge in [0.05, 0.1) is 23.7 Å². The maximum atomic E-state index is 5.12. The molecule has 1 atom stereocenters. The highest BCUT2D eigenvalue weighted by molar-refractivity contribution is 7.80. The number of hydrogen-bond acceptors (Lipinski definition) is 4. The summed E-state index contributed by atoms with van der Waals surface area (Å²) in [6.45, 7) is 2.75. The molecule has 6 heteroatoms. The molecule has 5 nitrogen and oxygen atoms in total. The summed E-state index contributed by atoms with van der Waals surface area (Å²) >= 11 is 5.12. The first-order chi connectivity index (χ1) is 15.2. The molecule has 0 aromatic heterocycles. The molecule has 3 aromatic rings. The maximum Gasteiger partial charge on any atom is 0.186 e. The van der Waals surface area contributed by atoms with Crippen LogP contribution in [0.2, 0.25) is 0 Å². The molecule has 0 saturated carbocycles. The zero-order chi connectivity index (χ0) is 21.5. The van der Waals surface area contributed by atoms with Gasteiger partial charge in [-0.2, -0.15) is 10.2 Å². The van der Waals surface area contributed by atoms with E-state index >= 15 is 0 Å². The van der Waals surface area contributed by atoms with Crippen LogP contribution >= 0.6 is 12.2 Å². The Labute approximate surface area is 188 Å². The van der Waals surface area contributed by atoms with Gasteiger partial charge in [-0.3, -0.25) is 10.4 Å². The highest BCUT2D eigenvalue weighted by Crippen LogP contribution is 2.36. The fourth-order valence-corrected chi connectivity index (χ4v) is 3.76. The number of benzene rings is 3. The lowest BCUT2D eigenvalue weighted by molar-refractivity contribution is 0.709. The molecule has 1 unspecified atom stereocenters. The van der Waals surface area contributed by atoms with Gasteiger partial charge in [0, 0.05) is 13.0 Å². The molecule has 0 saturated heterocycles. The standard InChI is InChI=1S/C25H25N5S/c1-2-26-25(31)28-27-18-19-13-15-22(16-14-19)30-24(21-11-7-4-8-12-21)17-23(29-30)20-9-5-3-6-10-20/h3-16,18,24H,2,17H2,1H3,(H2,26,28,31). The van der Waals surface area contributed by atoms with E-state index in [1.165, 1.54) is 5.56 Å². The number of thiocarbonyl (C=S) groups is 1. The smallest absolute Gasteiger partial charge is 0.186 e. The number of anilines is 1. The van der Waals surface area contributed by atoms with Crippen LogP contribution in [0.1, 0.15) is 36.1 Å². The van der Waals surface area contributed by atoms with Gasteiger partial charge in [0.25, 0.3) is 0 Å². The molecule has 0 spiro atoms. The Balaban J connectivity index is 1.56. The first kappa shape index (κ1) is 20.8. The quantitative estimate of drug-likeness (QED) is 0.335. The van der Waals surface area contributed by atoms with E-state index in [4.69, 9.17) is 17.3 Å². The molecule has 1 heterocycles. The normalized spacial score (nSPS) is 15.7. The molecule has 2 N–H and O–H groups in total. The van der Waals surface area contributed by atoms with Crippen molar-refractivity contribution in [1.29, 1.82) is 0 Å². The third-order valence-electron chi connectivity index (χ3n) is 5.08. The maximum absolute atomic E-state index is 5.12. The molecule has 0 amide bonds. The van der Waals surface area contributed by atoms with Crippen LogP contribution < -0.4 is 15.8 Å². The van der Waals surface area contributed by atoms with E-state index in [1.54, 1.807) is 6.21 Å². The Bertz CT molecular complexity index is 1060. The second kappa shape index (κ2) is 10.00. The fourth-order valence-electron chi connectivity index (χ4n) is 3.57. The highest BCUT2D eigenvalue weighted by atomic mass is 32.1. The summed E-state index contributed by atoms with van der Waals surface area (Å²) < 4.78 is 0. The van der Waals surface area contributed by atoms with Crippen LogP contribution in [-0.2, 0) is 0 Å². The van der Waals surface area contributed by atoms with E-state index in [0.29, 0.717) is 5.11 Å². The van der Waals surface area contributed by atoms with Gasteiger partial charge in [-0.1, -0.05) is 72.8 Å². The van der Waals surface area contributed by atoms with Crippen molar-refractivity contribution < 1.29 is 0 Å². The summed E-state index contributed by atoms with van der Waals surface area (Å²) in [6, 6.07) is 29.3. The van der Waals surface area contributed by atoms with E-state index in [9.17, 15) is 0 Å². The van der Waals surface area contributed by atoms with Crippen molar-refractivity contribution >= 4 is 34.9 Å². The van der Waals surface area contributed by atoms with E-state index < -0.39 is 0 Å². The van der Waals surface area contributed by atoms with E-state index in [2.05, 4.69) is 81.5 Å². The van der Waals surface area contributed by atoms with Gasteiger partial charge in [-0.15, -0.1) is 0 Å². The molecule has 3 aromatic carbocycles. The van der Waals surface area contributed by atoms with E-state index in [1.807, 2.05) is 31.2 Å².